The summed E-state index contributed by atoms with van der Waals surface area (Å²) in [5.74, 6) is -0.403. The minimum absolute atomic E-state index is 0.248. The van der Waals surface area contributed by atoms with Crippen LogP contribution < -0.4 is 9.62 Å². The van der Waals surface area contributed by atoms with E-state index in [-0.39, 0.29) is 11.7 Å². The summed E-state index contributed by atoms with van der Waals surface area (Å²) >= 11 is 12.1. The number of amides is 1. The fraction of sp³-hybridized carbons (Fsp3) is 0.381. The molecule has 8 heteroatoms. The summed E-state index contributed by atoms with van der Waals surface area (Å²) in [6.45, 7) is 3.43. The zero-order valence-electron chi connectivity index (χ0n) is 16.6. The van der Waals surface area contributed by atoms with Gasteiger partial charge in [0.05, 0.1) is 18.0 Å². The third-order valence-corrected chi connectivity index (χ3v) is 6.85. The van der Waals surface area contributed by atoms with E-state index in [1.54, 1.807) is 6.92 Å². The van der Waals surface area contributed by atoms with Crippen LogP contribution in [0.1, 0.15) is 43.0 Å². The monoisotopic (exact) mass is 454 g/mol. The molecule has 0 unspecified atom stereocenters. The number of halogens is 2. The number of hydrogen-bond donors (Lipinski definition) is 1. The van der Waals surface area contributed by atoms with Crippen molar-refractivity contribution in [2.75, 3.05) is 10.6 Å². The molecule has 0 saturated carbocycles. The molecule has 1 aliphatic rings. The lowest BCUT2D eigenvalue weighted by Gasteiger charge is -2.29. The standard InChI is InChI=1S/C21H24Cl2N2O3S/c1-13(16-8-7-15-5-4-6-17(15)9-16)24-21(26)14(2)25(29(3,27)28)20-11-18(22)10-19(23)12-20/h7-14H,4-6H2,1-3H3,(H,24,26)/t13-,14+/m0/s1. The second-order valence-corrected chi connectivity index (χ2v) is 10.2. The summed E-state index contributed by atoms with van der Waals surface area (Å²) in [4.78, 5) is 12.9. The summed E-state index contributed by atoms with van der Waals surface area (Å²) in [5, 5.41) is 3.51. The van der Waals surface area contributed by atoms with Gasteiger partial charge in [0.1, 0.15) is 6.04 Å². The molecule has 3 rings (SSSR count). The summed E-state index contributed by atoms with van der Waals surface area (Å²) in [6.07, 6.45) is 4.36. The Morgan fingerprint density at radius 2 is 1.66 bits per heavy atom. The first-order chi connectivity index (χ1) is 13.6. The lowest BCUT2D eigenvalue weighted by atomic mass is 10.0. The van der Waals surface area contributed by atoms with Gasteiger partial charge in [0, 0.05) is 10.0 Å². The molecule has 0 aromatic heterocycles. The molecular formula is C21H24Cl2N2O3S. The Hall–Kier alpha value is -1.76. The molecule has 2 atom stereocenters. The molecule has 0 aliphatic heterocycles. The zero-order valence-corrected chi connectivity index (χ0v) is 18.9. The van der Waals surface area contributed by atoms with Crippen LogP contribution in [-0.2, 0) is 27.7 Å². The molecule has 0 radical (unpaired) electrons. The predicted molar refractivity (Wildman–Crippen MR) is 118 cm³/mol. The van der Waals surface area contributed by atoms with E-state index < -0.39 is 22.0 Å². The molecule has 156 valence electrons. The van der Waals surface area contributed by atoms with Gasteiger partial charge in [0.2, 0.25) is 15.9 Å². The number of rotatable bonds is 6. The van der Waals surface area contributed by atoms with Gasteiger partial charge in [0.15, 0.2) is 0 Å². The Morgan fingerprint density at radius 3 is 2.28 bits per heavy atom. The van der Waals surface area contributed by atoms with Gasteiger partial charge < -0.3 is 5.32 Å². The molecule has 1 aliphatic carbocycles. The van der Waals surface area contributed by atoms with Crippen LogP contribution in [0, 0.1) is 0 Å². The number of hydrogen-bond acceptors (Lipinski definition) is 3. The molecule has 0 fully saturated rings. The van der Waals surface area contributed by atoms with Gasteiger partial charge in [-0.2, -0.15) is 0 Å². The average molecular weight is 455 g/mol. The lowest BCUT2D eigenvalue weighted by molar-refractivity contribution is -0.122. The van der Waals surface area contributed by atoms with E-state index in [1.165, 1.54) is 29.3 Å². The highest BCUT2D eigenvalue weighted by Gasteiger charge is 2.30. The van der Waals surface area contributed by atoms with E-state index in [1.807, 2.05) is 13.0 Å². The summed E-state index contributed by atoms with van der Waals surface area (Å²) in [5.41, 5.74) is 3.94. The van der Waals surface area contributed by atoms with Crippen molar-refractivity contribution in [2.45, 2.75) is 45.2 Å². The molecule has 5 nitrogen and oxygen atoms in total. The van der Waals surface area contributed by atoms with Gasteiger partial charge in [-0.25, -0.2) is 8.42 Å². The maximum absolute atomic E-state index is 12.9. The van der Waals surface area contributed by atoms with Crippen LogP contribution in [0.5, 0.6) is 0 Å². The Kier molecular flexibility index (Phi) is 6.46. The van der Waals surface area contributed by atoms with Gasteiger partial charge in [-0.3, -0.25) is 9.10 Å². The average Bonchev–Trinajstić information content (AvgIpc) is 3.07. The summed E-state index contributed by atoms with van der Waals surface area (Å²) in [6, 6.07) is 9.49. The van der Waals surface area contributed by atoms with Gasteiger partial charge >= 0.3 is 0 Å². The third kappa shape index (κ3) is 5.05. The maximum atomic E-state index is 12.9. The molecule has 2 aromatic carbocycles. The largest absolute Gasteiger partial charge is 0.348 e. The number of anilines is 1. The number of nitrogens with zero attached hydrogens (tertiary/aromatic N) is 1. The molecular weight excluding hydrogens is 431 g/mol. The Bertz CT molecular complexity index is 1020. The van der Waals surface area contributed by atoms with Crippen molar-refractivity contribution < 1.29 is 13.2 Å². The molecule has 1 N–H and O–H groups in total. The smallest absolute Gasteiger partial charge is 0.244 e. The van der Waals surface area contributed by atoms with Gasteiger partial charge in [-0.1, -0.05) is 41.4 Å². The van der Waals surface area contributed by atoms with Crippen molar-refractivity contribution in [1.82, 2.24) is 5.32 Å². The minimum Gasteiger partial charge on any atom is -0.348 e. The van der Waals surface area contributed by atoms with Crippen LogP contribution in [0.3, 0.4) is 0 Å². The van der Waals surface area contributed by atoms with E-state index in [2.05, 4.69) is 17.4 Å². The van der Waals surface area contributed by atoms with Crippen molar-refractivity contribution >= 4 is 44.8 Å². The fourth-order valence-electron chi connectivity index (χ4n) is 3.75. The number of sulfonamides is 1. The van der Waals surface area contributed by atoms with Crippen molar-refractivity contribution in [3.63, 3.8) is 0 Å². The van der Waals surface area contributed by atoms with Gasteiger partial charge in [-0.05, 0) is 68.0 Å². The first-order valence-electron chi connectivity index (χ1n) is 9.44. The Morgan fingerprint density at radius 1 is 1.03 bits per heavy atom. The lowest BCUT2D eigenvalue weighted by Crippen LogP contribution is -2.48. The third-order valence-electron chi connectivity index (χ3n) is 5.17. The zero-order chi connectivity index (χ0) is 21.3. The van der Waals surface area contributed by atoms with Crippen LogP contribution in [0.4, 0.5) is 5.69 Å². The van der Waals surface area contributed by atoms with Gasteiger partial charge in [0.25, 0.3) is 0 Å². The number of aryl methyl sites for hydroxylation is 2. The molecule has 0 bridgehead atoms. The van der Waals surface area contributed by atoms with E-state index >= 15 is 0 Å². The minimum atomic E-state index is -3.75. The summed E-state index contributed by atoms with van der Waals surface area (Å²) < 4.78 is 25.9. The van der Waals surface area contributed by atoms with E-state index in [0.29, 0.717) is 10.0 Å². The molecule has 0 spiro atoms. The summed E-state index contributed by atoms with van der Waals surface area (Å²) in [7, 11) is -3.75. The number of carbonyl (C=O) groups excluding carboxylic acids is 1. The van der Waals surface area contributed by atoms with Crippen LogP contribution in [0.15, 0.2) is 36.4 Å². The highest BCUT2D eigenvalue weighted by Crippen LogP contribution is 2.29. The number of fused-ring (bicyclic) bond motifs is 1. The number of benzene rings is 2. The topological polar surface area (TPSA) is 66.5 Å². The van der Waals surface area contributed by atoms with E-state index in [4.69, 9.17) is 23.2 Å². The van der Waals surface area contributed by atoms with E-state index in [9.17, 15) is 13.2 Å². The van der Waals surface area contributed by atoms with Crippen LogP contribution in [-0.4, -0.2) is 26.6 Å². The van der Waals surface area contributed by atoms with Gasteiger partial charge in [-0.15, -0.1) is 0 Å². The second kappa shape index (κ2) is 8.54. The molecule has 0 saturated heterocycles. The molecule has 29 heavy (non-hydrogen) atoms. The Labute approximate surface area is 182 Å². The van der Waals surface area contributed by atoms with Crippen LogP contribution >= 0.6 is 23.2 Å². The quantitative estimate of drug-likeness (QED) is 0.697. The highest BCUT2D eigenvalue weighted by atomic mass is 35.5. The number of nitrogens with one attached hydrogen (secondary N) is 1. The highest BCUT2D eigenvalue weighted by molar-refractivity contribution is 7.92. The molecule has 0 heterocycles. The molecule has 2 aromatic rings. The van der Waals surface area contributed by atoms with Crippen molar-refractivity contribution in [3.05, 3.63) is 63.1 Å². The Balaban J connectivity index is 1.82. The SMILES string of the molecule is C[C@H](NC(=O)[C@@H](C)N(c1cc(Cl)cc(Cl)c1)S(C)(=O)=O)c1ccc2c(c1)CCC2. The normalized spacial score (nSPS) is 15.5. The number of carbonyl (C=O) groups is 1. The second-order valence-electron chi connectivity index (χ2n) is 7.47. The fourth-order valence-corrected chi connectivity index (χ4v) is 5.43. The predicted octanol–water partition coefficient (Wildman–Crippen LogP) is 4.51. The first-order valence-corrected chi connectivity index (χ1v) is 12.0. The molecule has 1 amide bonds. The van der Waals surface area contributed by atoms with Crippen molar-refractivity contribution in [1.29, 1.82) is 0 Å². The first kappa shape index (κ1) is 21.9. The van der Waals surface area contributed by atoms with Crippen molar-refractivity contribution in [2.24, 2.45) is 0 Å². The van der Waals surface area contributed by atoms with Crippen LogP contribution in [0.2, 0.25) is 10.0 Å². The van der Waals surface area contributed by atoms with Crippen molar-refractivity contribution in [3.8, 4) is 0 Å². The van der Waals surface area contributed by atoms with Crippen LogP contribution in [0.25, 0.3) is 0 Å². The maximum Gasteiger partial charge on any atom is 0.244 e. The van der Waals surface area contributed by atoms with E-state index in [0.717, 1.165) is 35.4 Å².